The van der Waals surface area contributed by atoms with E-state index in [1.165, 1.54) is 5.56 Å². The highest BCUT2D eigenvalue weighted by Crippen LogP contribution is 2.22. The van der Waals surface area contributed by atoms with Gasteiger partial charge in [-0.25, -0.2) is 4.79 Å². The second-order valence-electron chi connectivity index (χ2n) is 7.25. The summed E-state index contributed by atoms with van der Waals surface area (Å²) in [6, 6.07) is 13.8. The molecule has 29 heavy (non-hydrogen) atoms. The van der Waals surface area contributed by atoms with Crippen molar-refractivity contribution in [2.24, 2.45) is 0 Å². The van der Waals surface area contributed by atoms with Crippen LogP contribution in [0.3, 0.4) is 0 Å². The van der Waals surface area contributed by atoms with Crippen LogP contribution < -0.4 is 14.8 Å². The first-order chi connectivity index (χ1) is 14.1. The number of methoxy groups -OCH3 is 1. The molecule has 1 saturated heterocycles. The third-order valence-electron chi connectivity index (χ3n) is 5.37. The maximum absolute atomic E-state index is 12.7. The number of urea groups is 1. The van der Waals surface area contributed by atoms with Crippen LogP contribution in [0.1, 0.15) is 18.1 Å². The molecule has 0 aliphatic carbocycles. The number of ether oxygens (including phenoxy) is 2. The molecule has 0 atom stereocenters. The first-order valence-electron chi connectivity index (χ1n) is 10.2. The quantitative estimate of drug-likeness (QED) is 0.772. The molecule has 2 amide bonds. The van der Waals surface area contributed by atoms with Crippen molar-refractivity contribution < 1.29 is 14.3 Å². The first-order valence-corrected chi connectivity index (χ1v) is 10.2. The van der Waals surface area contributed by atoms with Crippen LogP contribution in [0.15, 0.2) is 42.5 Å². The van der Waals surface area contributed by atoms with Gasteiger partial charge in [-0.1, -0.05) is 25.1 Å². The van der Waals surface area contributed by atoms with E-state index in [1.54, 1.807) is 7.11 Å². The number of hydrogen-bond acceptors (Lipinski definition) is 4. The molecule has 0 bridgehead atoms. The maximum atomic E-state index is 12.7. The second-order valence-corrected chi connectivity index (χ2v) is 7.25. The van der Waals surface area contributed by atoms with Gasteiger partial charge in [-0.3, -0.25) is 4.90 Å². The molecule has 6 nitrogen and oxygen atoms in total. The third-order valence-corrected chi connectivity index (χ3v) is 5.37. The molecule has 1 heterocycles. The van der Waals surface area contributed by atoms with Gasteiger partial charge in [0.05, 0.1) is 7.11 Å². The molecule has 0 saturated carbocycles. The number of aryl methyl sites for hydroxylation is 2. The minimum absolute atomic E-state index is 0.0110. The van der Waals surface area contributed by atoms with Crippen molar-refractivity contribution in [3.05, 3.63) is 53.6 Å². The zero-order valence-electron chi connectivity index (χ0n) is 17.6. The molecule has 156 valence electrons. The molecule has 0 aromatic heterocycles. The molecule has 1 N–H and O–H groups in total. The molecule has 2 aromatic rings. The zero-order valence-corrected chi connectivity index (χ0v) is 17.6. The molecule has 3 rings (SSSR count). The van der Waals surface area contributed by atoms with Crippen LogP contribution in [-0.2, 0) is 6.42 Å². The van der Waals surface area contributed by atoms with Gasteiger partial charge in [0.2, 0.25) is 0 Å². The fraction of sp³-hybridized carbons (Fsp3) is 0.435. The van der Waals surface area contributed by atoms with Crippen molar-refractivity contribution in [3.63, 3.8) is 0 Å². The number of hydrogen-bond donors (Lipinski definition) is 1. The van der Waals surface area contributed by atoms with E-state index in [9.17, 15) is 4.79 Å². The number of anilines is 1. The Morgan fingerprint density at radius 1 is 1.03 bits per heavy atom. The van der Waals surface area contributed by atoms with Crippen LogP contribution in [0.5, 0.6) is 11.5 Å². The van der Waals surface area contributed by atoms with Gasteiger partial charge in [0.1, 0.15) is 18.1 Å². The summed E-state index contributed by atoms with van der Waals surface area (Å²) in [5.74, 6) is 1.66. The predicted molar refractivity (Wildman–Crippen MR) is 116 cm³/mol. The Bertz CT molecular complexity index is 800. The minimum Gasteiger partial charge on any atom is -0.497 e. The second kappa shape index (κ2) is 10.2. The summed E-state index contributed by atoms with van der Waals surface area (Å²) in [7, 11) is 1.65. The van der Waals surface area contributed by atoms with Gasteiger partial charge in [0.25, 0.3) is 0 Å². The Morgan fingerprint density at radius 2 is 1.72 bits per heavy atom. The van der Waals surface area contributed by atoms with Gasteiger partial charge in [-0.15, -0.1) is 0 Å². The van der Waals surface area contributed by atoms with Crippen LogP contribution in [0, 0.1) is 6.92 Å². The lowest BCUT2D eigenvalue weighted by molar-refractivity contribution is 0.132. The number of carbonyl (C=O) groups is 1. The average Bonchev–Trinajstić information content (AvgIpc) is 2.76. The lowest BCUT2D eigenvalue weighted by Gasteiger charge is -2.34. The largest absolute Gasteiger partial charge is 0.497 e. The zero-order chi connectivity index (χ0) is 20.6. The number of nitrogens with one attached hydrogen (secondary N) is 1. The highest BCUT2D eigenvalue weighted by Gasteiger charge is 2.22. The minimum atomic E-state index is -0.0110. The molecular weight excluding hydrogens is 366 g/mol. The van der Waals surface area contributed by atoms with E-state index >= 15 is 0 Å². The van der Waals surface area contributed by atoms with E-state index in [4.69, 9.17) is 9.47 Å². The van der Waals surface area contributed by atoms with Crippen molar-refractivity contribution in [3.8, 4) is 11.5 Å². The van der Waals surface area contributed by atoms with Gasteiger partial charge >= 0.3 is 6.03 Å². The average molecular weight is 398 g/mol. The number of carbonyl (C=O) groups excluding carboxylic acids is 1. The molecular formula is C23H31N3O3. The molecule has 1 fully saturated rings. The van der Waals surface area contributed by atoms with Crippen molar-refractivity contribution in [1.29, 1.82) is 0 Å². The number of nitrogens with zero attached hydrogens (tertiary/aromatic N) is 2. The van der Waals surface area contributed by atoms with E-state index in [0.717, 1.165) is 61.9 Å². The number of piperazine rings is 1. The number of para-hydroxylation sites is 1. The summed E-state index contributed by atoms with van der Waals surface area (Å²) in [4.78, 5) is 16.9. The topological polar surface area (TPSA) is 54.0 Å². The number of benzene rings is 2. The van der Waals surface area contributed by atoms with E-state index in [-0.39, 0.29) is 6.03 Å². The summed E-state index contributed by atoms with van der Waals surface area (Å²) in [6.07, 6.45) is 0.902. The summed E-state index contributed by atoms with van der Waals surface area (Å²) >= 11 is 0. The van der Waals surface area contributed by atoms with Gasteiger partial charge in [0.15, 0.2) is 0 Å². The molecule has 0 radical (unpaired) electrons. The van der Waals surface area contributed by atoms with E-state index < -0.39 is 0 Å². The Morgan fingerprint density at radius 3 is 2.38 bits per heavy atom. The molecule has 6 heteroatoms. The monoisotopic (exact) mass is 397 g/mol. The number of amides is 2. The maximum Gasteiger partial charge on any atom is 0.321 e. The van der Waals surface area contributed by atoms with Crippen LogP contribution in [0.25, 0.3) is 0 Å². The lowest BCUT2D eigenvalue weighted by atomic mass is 10.1. The van der Waals surface area contributed by atoms with Gasteiger partial charge in [-0.05, 0) is 48.7 Å². The predicted octanol–water partition coefficient (Wildman–Crippen LogP) is 3.79. The summed E-state index contributed by atoms with van der Waals surface area (Å²) in [5.41, 5.74) is 3.23. The molecule has 1 aliphatic rings. The van der Waals surface area contributed by atoms with E-state index in [0.29, 0.717) is 6.61 Å². The number of rotatable bonds is 7. The Kier molecular flexibility index (Phi) is 7.36. The third kappa shape index (κ3) is 5.64. The van der Waals surface area contributed by atoms with Gasteiger partial charge < -0.3 is 19.7 Å². The Labute approximate surface area is 173 Å². The van der Waals surface area contributed by atoms with Crippen molar-refractivity contribution in [1.82, 2.24) is 9.80 Å². The first kappa shape index (κ1) is 21.0. The molecule has 2 aromatic carbocycles. The van der Waals surface area contributed by atoms with Crippen molar-refractivity contribution in [2.75, 3.05) is 51.8 Å². The van der Waals surface area contributed by atoms with E-state index in [1.807, 2.05) is 48.2 Å². The normalized spacial score (nSPS) is 14.5. The standard InChI is InChI=1S/C23H31N3O3/c1-4-19-7-5-6-18(2)22(19)24-23(27)26-14-12-25(13-15-26)16-17-29-21-10-8-20(28-3)9-11-21/h5-11H,4,12-17H2,1-3H3,(H,24,27). The molecule has 0 unspecified atom stereocenters. The smallest absolute Gasteiger partial charge is 0.321 e. The van der Waals surface area contributed by atoms with Crippen LogP contribution in [0.2, 0.25) is 0 Å². The van der Waals surface area contributed by atoms with Crippen LogP contribution in [-0.4, -0.2) is 62.3 Å². The van der Waals surface area contributed by atoms with E-state index in [2.05, 4.69) is 23.2 Å². The van der Waals surface area contributed by atoms with Crippen molar-refractivity contribution >= 4 is 11.7 Å². The van der Waals surface area contributed by atoms with Crippen LogP contribution >= 0.6 is 0 Å². The van der Waals surface area contributed by atoms with Crippen LogP contribution in [0.4, 0.5) is 10.5 Å². The molecule has 1 aliphatic heterocycles. The summed E-state index contributed by atoms with van der Waals surface area (Å²) < 4.78 is 11.0. The van der Waals surface area contributed by atoms with Crippen molar-refractivity contribution in [2.45, 2.75) is 20.3 Å². The SMILES string of the molecule is CCc1cccc(C)c1NC(=O)N1CCN(CCOc2ccc(OC)cc2)CC1. The lowest BCUT2D eigenvalue weighted by Crippen LogP contribution is -2.50. The summed E-state index contributed by atoms with van der Waals surface area (Å²) in [6.45, 7) is 8.78. The highest BCUT2D eigenvalue weighted by atomic mass is 16.5. The fourth-order valence-electron chi connectivity index (χ4n) is 3.53. The molecule has 0 spiro atoms. The fourth-order valence-corrected chi connectivity index (χ4v) is 3.53. The van der Waals surface area contributed by atoms with Gasteiger partial charge in [-0.2, -0.15) is 0 Å². The summed E-state index contributed by atoms with van der Waals surface area (Å²) in [5, 5.41) is 3.12. The Balaban J connectivity index is 1.42. The van der Waals surface area contributed by atoms with Gasteiger partial charge in [0, 0.05) is 38.4 Å². The Hall–Kier alpha value is -2.73. The highest BCUT2D eigenvalue weighted by molar-refractivity contribution is 5.91.